The van der Waals surface area contributed by atoms with Crippen molar-refractivity contribution in [3.8, 4) is 0 Å². The van der Waals surface area contributed by atoms with Gasteiger partial charge in [-0.3, -0.25) is 19.9 Å². The number of nitrogen functional groups attached to an aromatic ring is 1. The SMILES string of the molecule is C=C(Nc1ccc(F)c([N+](=O)[O-])c1)N(CCCN(CC)CC)Cc1ccc(C(=O)Nc2ccccc2N)nc1. The van der Waals surface area contributed by atoms with Gasteiger partial charge in [-0.05, 0) is 62.0 Å². The number of carbonyl (C=O) groups excluding carboxylic acids is 1. The van der Waals surface area contributed by atoms with Crippen molar-refractivity contribution in [1.82, 2.24) is 14.8 Å². The van der Waals surface area contributed by atoms with Gasteiger partial charge in [0.2, 0.25) is 5.82 Å². The van der Waals surface area contributed by atoms with Crippen molar-refractivity contribution in [1.29, 1.82) is 0 Å². The Kier molecular flexibility index (Phi) is 10.3. The number of hydrogen-bond acceptors (Lipinski definition) is 8. The van der Waals surface area contributed by atoms with Crippen molar-refractivity contribution in [2.75, 3.05) is 42.5 Å². The molecule has 206 valence electrons. The lowest BCUT2D eigenvalue weighted by Crippen LogP contribution is -2.31. The molecule has 0 spiro atoms. The normalized spacial score (nSPS) is 10.8. The summed E-state index contributed by atoms with van der Waals surface area (Å²) in [7, 11) is 0. The van der Waals surface area contributed by atoms with Crippen LogP contribution in [0.15, 0.2) is 73.2 Å². The topological polar surface area (TPSA) is 130 Å². The van der Waals surface area contributed by atoms with Crippen molar-refractivity contribution < 1.29 is 14.1 Å². The molecular formula is C28H34FN7O3. The highest BCUT2D eigenvalue weighted by Gasteiger charge is 2.17. The Hall–Kier alpha value is -4.51. The molecule has 0 atom stereocenters. The lowest BCUT2D eigenvalue weighted by Gasteiger charge is -2.29. The van der Waals surface area contributed by atoms with E-state index < -0.39 is 16.4 Å². The van der Waals surface area contributed by atoms with Gasteiger partial charge in [0.15, 0.2) is 0 Å². The summed E-state index contributed by atoms with van der Waals surface area (Å²) < 4.78 is 13.8. The van der Waals surface area contributed by atoms with Crippen molar-refractivity contribution in [3.63, 3.8) is 0 Å². The quantitative estimate of drug-likeness (QED) is 0.148. The number of halogens is 1. The van der Waals surface area contributed by atoms with Crippen LogP contribution in [0.2, 0.25) is 0 Å². The predicted molar refractivity (Wildman–Crippen MR) is 152 cm³/mol. The maximum atomic E-state index is 13.8. The number of rotatable bonds is 14. The number of anilines is 3. The first-order valence-electron chi connectivity index (χ1n) is 12.7. The summed E-state index contributed by atoms with van der Waals surface area (Å²) in [6.45, 7) is 12.2. The second-order valence-corrected chi connectivity index (χ2v) is 8.89. The lowest BCUT2D eigenvalue weighted by atomic mass is 10.2. The molecule has 0 saturated heterocycles. The van der Waals surface area contributed by atoms with E-state index in [0.29, 0.717) is 36.0 Å². The molecule has 0 radical (unpaired) electrons. The molecule has 0 aliphatic rings. The first-order valence-corrected chi connectivity index (χ1v) is 12.7. The number of pyridine rings is 1. The summed E-state index contributed by atoms with van der Waals surface area (Å²) in [6, 6.07) is 14.0. The highest BCUT2D eigenvalue weighted by atomic mass is 19.1. The molecule has 0 aliphatic heterocycles. The van der Waals surface area contributed by atoms with Crippen LogP contribution in [0.4, 0.5) is 27.1 Å². The summed E-state index contributed by atoms with van der Waals surface area (Å²) in [5, 5.41) is 17.0. The van der Waals surface area contributed by atoms with Crippen LogP contribution in [-0.4, -0.2) is 51.8 Å². The molecule has 1 heterocycles. The zero-order valence-corrected chi connectivity index (χ0v) is 22.2. The molecule has 3 rings (SSSR count). The van der Waals surface area contributed by atoms with Gasteiger partial charge in [-0.1, -0.05) is 38.6 Å². The van der Waals surface area contributed by atoms with Crippen LogP contribution in [0.1, 0.15) is 36.3 Å². The third-order valence-electron chi connectivity index (χ3n) is 6.25. The minimum atomic E-state index is -0.905. The highest BCUT2D eigenvalue weighted by molar-refractivity contribution is 6.04. The van der Waals surface area contributed by atoms with Gasteiger partial charge < -0.3 is 26.2 Å². The van der Waals surface area contributed by atoms with E-state index in [4.69, 9.17) is 5.73 Å². The average Bonchev–Trinajstić information content (AvgIpc) is 2.93. The molecule has 0 bridgehead atoms. The molecule has 1 aromatic heterocycles. The van der Waals surface area contributed by atoms with E-state index in [1.54, 1.807) is 36.5 Å². The molecule has 11 heteroatoms. The number of nitro benzene ring substituents is 1. The van der Waals surface area contributed by atoms with E-state index in [0.717, 1.165) is 43.8 Å². The molecule has 39 heavy (non-hydrogen) atoms. The first-order chi connectivity index (χ1) is 18.7. The zero-order chi connectivity index (χ0) is 28.4. The summed E-state index contributed by atoms with van der Waals surface area (Å²) in [4.78, 5) is 31.6. The van der Waals surface area contributed by atoms with Crippen LogP contribution in [0.3, 0.4) is 0 Å². The number of nitro groups is 1. The third-order valence-corrected chi connectivity index (χ3v) is 6.25. The zero-order valence-electron chi connectivity index (χ0n) is 22.2. The molecule has 2 aromatic carbocycles. The Labute approximate surface area is 227 Å². The van der Waals surface area contributed by atoms with Crippen molar-refractivity contribution in [2.24, 2.45) is 0 Å². The maximum Gasteiger partial charge on any atom is 0.306 e. The molecule has 4 N–H and O–H groups in total. The van der Waals surface area contributed by atoms with Gasteiger partial charge >= 0.3 is 5.69 Å². The molecule has 0 unspecified atom stereocenters. The number of nitrogens with zero attached hydrogens (tertiary/aromatic N) is 4. The van der Waals surface area contributed by atoms with Crippen molar-refractivity contribution in [3.05, 3.63) is 100 Å². The van der Waals surface area contributed by atoms with Gasteiger partial charge in [-0.2, -0.15) is 4.39 Å². The molecule has 1 amide bonds. The molecule has 3 aromatic rings. The van der Waals surface area contributed by atoms with Gasteiger partial charge in [0.1, 0.15) is 5.69 Å². The standard InChI is InChI=1S/C28H34FN7O3/c1-4-34(5-2)15-8-16-35(20(3)32-22-12-13-23(29)27(17-22)36(38)39)19-21-11-14-26(31-18-21)28(37)33-25-10-7-6-9-24(25)30/h6-7,9-14,17-18,32H,3-5,8,15-16,19,30H2,1-2H3,(H,33,37). The number of nitrogens with two attached hydrogens (primary N) is 1. The highest BCUT2D eigenvalue weighted by Crippen LogP contribution is 2.24. The summed E-state index contributed by atoms with van der Waals surface area (Å²) in [6.07, 6.45) is 2.47. The second kappa shape index (κ2) is 13.9. The molecule has 0 aliphatic carbocycles. The van der Waals surface area contributed by atoms with Gasteiger partial charge in [-0.15, -0.1) is 0 Å². The fourth-order valence-corrected chi connectivity index (χ4v) is 3.98. The van der Waals surface area contributed by atoms with Gasteiger partial charge in [0.25, 0.3) is 5.91 Å². The van der Waals surface area contributed by atoms with Crippen molar-refractivity contribution >= 4 is 28.7 Å². The Morgan fingerprint density at radius 1 is 1.10 bits per heavy atom. The minimum Gasteiger partial charge on any atom is -0.397 e. The minimum absolute atomic E-state index is 0.241. The number of para-hydroxylation sites is 2. The Balaban J connectivity index is 1.72. The van der Waals surface area contributed by atoms with E-state index in [1.807, 2.05) is 11.0 Å². The summed E-state index contributed by atoms with van der Waals surface area (Å²) >= 11 is 0. The number of aromatic nitrogens is 1. The Bertz CT molecular complexity index is 1300. The number of carbonyl (C=O) groups is 1. The Morgan fingerprint density at radius 2 is 1.85 bits per heavy atom. The predicted octanol–water partition coefficient (Wildman–Crippen LogP) is 5.08. The summed E-state index contributed by atoms with van der Waals surface area (Å²) in [5.41, 5.74) is 7.69. The van der Waals surface area contributed by atoms with Crippen LogP contribution >= 0.6 is 0 Å². The van der Waals surface area contributed by atoms with Crippen molar-refractivity contribution in [2.45, 2.75) is 26.8 Å². The van der Waals surface area contributed by atoms with E-state index in [-0.39, 0.29) is 11.6 Å². The van der Waals surface area contributed by atoms with E-state index in [2.05, 4.69) is 40.9 Å². The first kappa shape index (κ1) is 29.1. The Morgan fingerprint density at radius 3 is 2.49 bits per heavy atom. The van der Waals surface area contributed by atoms with E-state index >= 15 is 0 Å². The third kappa shape index (κ3) is 8.24. The van der Waals surface area contributed by atoms with Crippen LogP contribution in [0.5, 0.6) is 0 Å². The van der Waals surface area contributed by atoms with E-state index in [1.165, 1.54) is 6.07 Å². The molecule has 10 nitrogen and oxygen atoms in total. The number of nitrogens with one attached hydrogen (secondary N) is 2. The van der Waals surface area contributed by atoms with Gasteiger partial charge in [-0.25, -0.2) is 0 Å². The fraction of sp³-hybridized carbons (Fsp3) is 0.286. The van der Waals surface area contributed by atoms with Gasteiger partial charge in [0, 0.05) is 31.0 Å². The molecule has 0 fully saturated rings. The number of hydrogen-bond donors (Lipinski definition) is 3. The lowest BCUT2D eigenvalue weighted by molar-refractivity contribution is -0.387. The summed E-state index contributed by atoms with van der Waals surface area (Å²) in [5.74, 6) is -0.784. The van der Waals surface area contributed by atoms with Crippen LogP contribution in [0, 0.1) is 15.9 Å². The van der Waals surface area contributed by atoms with Gasteiger partial charge in [0.05, 0.1) is 22.1 Å². The smallest absolute Gasteiger partial charge is 0.306 e. The fourth-order valence-electron chi connectivity index (χ4n) is 3.98. The van der Waals surface area contributed by atoms with Crippen LogP contribution < -0.4 is 16.4 Å². The second-order valence-electron chi connectivity index (χ2n) is 8.89. The number of benzene rings is 2. The maximum absolute atomic E-state index is 13.8. The molecule has 0 saturated carbocycles. The number of amides is 1. The van der Waals surface area contributed by atoms with Crippen LogP contribution in [-0.2, 0) is 6.54 Å². The van der Waals surface area contributed by atoms with Crippen LogP contribution in [0.25, 0.3) is 0 Å². The molecular weight excluding hydrogens is 501 g/mol. The largest absolute Gasteiger partial charge is 0.397 e. The van der Waals surface area contributed by atoms with E-state index in [9.17, 15) is 19.3 Å². The monoisotopic (exact) mass is 535 g/mol. The average molecular weight is 536 g/mol.